The topological polar surface area (TPSA) is 72.3 Å². The summed E-state index contributed by atoms with van der Waals surface area (Å²) in [5.41, 5.74) is 4.20. The van der Waals surface area contributed by atoms with Crippen LogP contribution in [-0.4, -0.2) is 27.0 Å². The summed E-state index contributed by atoms with van der Waals surface area (Å²) in [6.45, 7) is 4.23. The molecule has 0 aliphatic heterocycles. The molecule has 2 aromatic carbocycles. The molecule has 1 N–H and O–H groups in total. The van der Waals surface area contributed by atoms with Gasteiger partial charge in [-0.3, -0.25) is 0 Å². The highest BCUT2D eigenvalue weighted by Gasteiger charge is 2.11. The van der Waals surface area contributed by atoms with E-state index in [9.17, 15) is 0 Å². The molecule has 0 aliphatic carbocycles. The number of halogens is 1. The molecular formula is C30H37BrN2O3. The van der Waals surface area contributed by atoms with E-state index < -0.39 is 0 Å². The van der Waals surface area contributed by atoms with Gasteiger partial charge in [-0.05, 0) is 76.6 Å². The molecule has 192 valence electrons. The molecular weight excluding hydrogens is 516 g/mol. The Balaban J connectivity index is 0.000000201. The van der Waals surface area contributed by atoms with Crippen molar-refractivity contribution in [3.63, 3.8) is 0 Å². The van der Waals surface area contributed by atoms with Crippen molar-refractivity contribution in [3.05, 3.63) is 83.6 Å². The molecule has 0 saturated carbocycles. The molecule has 4 rings (SSSR count). The molecule has 36 heavy (non-hydrogen) atoms. The first-order valence-corrected chi connectivity index (χ1v) is 13.9. The van der Waals surface area contributed by atoms with Crippen LogP contribution in [-0.2, 0) is 12.8 Å². The summed E-state index contributed by atoms with van der Waals surface area (Å²) in [6.07, 6.45) is 8.50. The van der Waals surface area contributed by atoms with E-state index in [1.54, 1.807) is 0 Å². The van der Waals surface area contributed by atoms with Crippen molar-refractivity contribution in [1.82, 2.24) is 9.97 Å². The van der Waals surface area contributed by atoms with Crippen LogP contribution in [0.3, 0.4) is 0 Å². The predicted molar refractivity (Wildman–Crippen MR) is 149 cm³/mol. The standard InChI is InChI=1S/C15H18BrNO.C15H19NO2/c1-12-14(10-6-3-7-11-16)17-15(18-12)13-8-4-2-5-9-13;1-12-14(10-6-3-7-11-17)16-15(18-12)13-8-4-2-5-9-13/h2,4-5,8-9H,3,6-7,10-11H2,1H3;2,4-5,8-9,17H,3,6-7,10-11H2,1H3. The van der Waals surface area contributed by atoms with Crippen LogP contribution in [0, 0.1) is 13.8 Å². The molecule has 0 atom stereocenters. The maximum atomic E-state index is 8.74. The summed E-state index contributed by atoms with van der Waals surface area (Å²) in [5.74, 6) is 3.29. The number of unbranched alkanes of at least 4 members (excludes halogenated alkanes) is 4. The van der Waals surface area contributed by atoms with Gasteiger partial charge in [0.1, 0.15) is 11.5 Å². The van der Waals surface area contributed by atoms with Crippen molar-refractivity contribution in [1.29, 1.82) is 0 Å². The minimum Gasteiger partial charge on any atom is -0.441 e. The first kappa shape index (κ1) is 27.9. The second-order valence-corrected chi connectivity index (χ2v) is 9.60. The van der Waals surface area contributed by atoms with Gasteiger partial charge in [-0.15, -0.1) is 0 Å². The zero-order valence-electron chi connectivity index (χ0n) is 21.4. The Bertz CT molecular complexity index is 1050. The zero-order chi connectivity index (χ0) is 25.6. The minimum atomic E-state index is 0.271. The van der Waals surface area contributed by atoms with Gasteiger partial charge in [-0.1, -0.05) is 65.2 Å². The third-order valence-corrected chi connectivity index (χ3v) is 6.51. The normalized spacial score (nSPS) is 10.8. The van der Waals surface area contributed by atoms with E-state index >= 15 is 0 Å². The lowest BCUT2D eigenvalue weighted by Crippen LogP contribution is -1.90. The lowest BCUT2D eigenvalue weighted by atomic mass is 10.1. The molecule has 6 heteroatoms. The molecule has 4 aromatic rings. The lowest BCUT2D eigenvalue weighted by Gasteiger charge is -1.96. The quantitative estimate of drug-likeness (QED) is 0.142. The monoisotopic (exact) mass is 552 g/mol. The van der Waals surface area contributed by atoms with Gasteiger partial charge in [-0.2, -0.15) is 0 Å². The number of aromatic nitrogens is 2. The largest absolute Gasteiger partial charge is 0.441 e. The summed E-state index contributed by atoms with van der Waals surface area (Å²) in [6, 6.07) is 20.0. The van der Waals surface area contributed by atoms with Crippen LogP contribution in [0.15, 0.2) is 69.5 Å². The summed E-state index contributed by atoms with van der Waals surface area (Å²) in [4.78, 5) is 9.15. The van der Waals surface area contributed by atoms with Crippen LogP contribution in [0.5, 0.6) is 0 Å². The number of alkyl halides is 1. The van der Waals surface area contributed by atoms with Gasteiger partial charge in [-0.25, -0.2) is 9.97 Å². The van der Waals surface area contributed by atoms with Gasteiger partial charge in [0.15, 0.2) is 0 Å². The Morgan fingerprint density at radius 2 is 1.08 bits per heavy atom. The maximum Gasteiger partial charge on any atom is 0.226 e. The Hall–Kier alpha value is -2.70. The average molecular weight is 554 g/mol. The van der Waals surface area contributed by atoms with Gasteiger partial charge >= 0.3 is 0 Å². The number of aliphatic hydroxyl groups excluding tert-OH is 1. The SMILES string of the molecule is Cc1oc(-c2ccccc2)nc1CCCCCBr.Cc1oc(-c2ccccc2)nc1CCCCCO. The van der Waals surface area contributed by atoms with Gasteiger partial charge < -0.3 is 13.9 Å². The number of hydrogen-bond donors (Lipinski definition) is 1. The molecule has 0 saturated heterocycles. The number of aliphatic hydroxyl groups is 1. The molecule has 0 spiro atoms. The molecule has 5 nitrogen and oxygen atoms in total. The second kappa shape index (κ2) is 15.4. The van der Waals surface area contributed by atoms with Crippen LogP contribution in [0.1, 0.15) is 61.4 Å². The molecule has 0 amide bonds. The zero-order valence-corrected chi connectivity index (χ0v) is 23.0. The summed E-state index contributed by atoms with van der Waals surface area (Å²) >= 11 is 3.45. The highest BCUT2D eigenvalue weighted by Crippen LogP contribution is 2.23. The summed E-state index contributed by atoms with van der Waals surface area (Å²) in [5, 5.41) is 9.82. The van der Waals surface area contributed by atoms with Crippen molar-refractivity contribution in [3.8, 4) is 22.9 Å². The predicted octanol–water partition coefficient (Wildman–Crippen LogP) is 8.11. The van der Waals surface area contributed by atoms with Gasteiger partial charge in [0.25, 0.3) is 0 Å². The number of oxazole rings is 2. The van der Waals surface area contributed by atoms with Gasteiger partial charge in [0.2, 0.25) is 11.8 Å². The van der Waals surface area contributed by atoms with Crippen LogP contribution < -0.4 is 0 Å². The van der Waals surface area contributed by atoms with Crippen molar-refractivity contribution < 1.29 is 13.9 Å². The average Bonchev–Trinajstić information content (AvgIpc) is 3.48. The first-order chi connectivity index (χ1) is 17.6. The van der Waals surface area contributed by atoms with Crippen LogP contribution >= 0.6 is 15.9 Å². The van der Waals surface area contributed by atoms with E-state index in [-0.39, 0.29) is 6.61 Å². The molecule has 0 unspecified atom stereocenters. The molecule has 0 bridgehead atoms. The summed E-state index contributed by atoms with van der Waals surface area (Å²) < 4.78 is 11.4. The number of rotatable bonds is 12. The number of nitrogens with zero attached hydrogens (tertiary/aromatic N) is 2. The fraction of sp³-hybridized carbons (Fsp3) is 0.400. The Labute approximate surface area is 223 Å². The first-order valence-electron chi connectivity index (χ1n) is 12.8. The lowest BCUT2D eigenvalue weighted by molar-refractivity contribution is 0.283. The number of aryl methyl sites for hydroxylation is 4. The Morgan fingerprint density at radius 3 is 1.50 bits per heavy atom. The minimum absolute atomic E-state index is 0.271. The van der Waals surface area contributed by atoms with E-state index in [0.717, 1.165) is 77.4 Å². The van der Waals surface area contributed by atoms with E-state index in [1.807, 2.05) is 74.5 Å². The van der Waals surface area contributed by atoms with Gasteiger partial charge in [0, 0.05) is 23.1 Å². The van der Waals surface area contributed by atoms with Crippen molar-refractivity contribution in [2.24, 2.45) is 0 Å². The molecule has 0 radical (unpaired) electrons. The van der Waals surface area contributed by atoms with Crippen LogP contribution in [0.2, 0.25) is 0 Å². The van der Waals surface area contributed by atoms with Gasteiger partial charge in [0.05, 0.1) is 11.4 Å². The number of hydrogen-bond acceptors (Lipinski definition) is 5. The molecule has 0 aliphatic rings. The third kappa shape index (κ3) is 8.75. The van der Waals surface area contributed by atoms with E-state index in [1.165, 1.54) is 19.3 Å². The number of benzene rings is 2. The molecule has 0 fully saturated rings. The van der Waals surface area contributed by atoms with E-state index in [4.69, 9.17) is 13.9 Å². The van der Waals surface area contributed by atoms with Crippen LogP contribution in [0.4, 0.5) is 0 Å². The summed E-state index contributed by atoms with van der Waals surface area (Å²) in [7, 11) is 0. The Morgan fingerprint density at radius 1 is 0.639 bits per heavy atom. The van der Waals surface area contributed by atoms with Crippen molar-refractivity contribution >= 4 is 15.9 Å². The second-order valence-electron chi connectivity index (χ2n) is 8.81. The maximum absolute atomic E-state index is 8.74. The van der Waals surface area contributed by atoms with Crippen molar-refractivity contribution in [2.75, 3.05) is 11.9 Å². The fourth-order valence-electron chi connectivity index (χ4n) is 3.87. The van der Waals surface area contributed by atoms with E-state index in [0.29, 0.717) is 5.89 Å². The fourth-order valence-corrected chi connectivity index (χ4v) is 4.27. The van der Waals surface area contributed by atoms with Crippen molar-refractivity contribution in [2.45, 2.75) is 65.2 Å². The van der Waals surface area contributed by atoms with E-state index in [2.05, 4.69) is 25.9 Å². The molecule has 2 aromatic heterocycles. The Kier molecular flexibility index (Phi) is 11.9. The molecule has 2 heterocycles. The third-order valence-electron chi connectivity index (χ3n) is 5.95. The highest BCUT2D eigenvalue weighted by molar-refractivity contribution is 9.09. The highest BCUT2D eigenvalue weighted by atomic mass is 79.9. The van der Waals surface area contributed by atoms with Crippen LogP contribution in [0.25, 0.3) is 22.9 Å². The smallest absolute Gasteiger partial charge is 0.226 e.